The smallest absolute Gasteiger partial charge is 0.346 e. The highest BCUT2D eigenvalue weighted by atomic mass is 32.1. The normalized spacial score (nSPS) is 15.2. The van der Waals surface area contributed by atoms with Gasteiger partial charge in [-0.15, -0.1) is 11.3 Å². The standard InChI is InChI=1S/C15H15NO2S/c17-15(18)14-13(6-8-19-14)10-16-7-5-11-3-1-2-4-12(11)9-16/h1-4,6,8H,5,7,9-10H2,(H,17,18). The number of aromatic carboxylic acids is 1. The molecule has 1 N–H and O–H groups in total. The molecule has 0 saturated heterocycles. The van der Waals surface area contributed by atoms with E-state index in [4.69, 9.17) is 5.11 Å². The lowest BCUT2D eigenvalue weighted by Crippen LogP contribution is -2.30. The summed E-state index contributed by atoms with van der Waals surface area (Å²) in [4.78, 5) is 13.9. The minimum Gasteiger partial charge on any atom is -0.477 e. The van der Waals surface area contributed by atoms with Gasteiger partial charge >= 0.3 is 5.97 Å². The van der Waals surface area contributed by atoms with E-state index in [2.05, 4.69) is 29.2 Å². The van der Waals surface area contributed by atoms with Crippen molar-refractivity contribution in [2.24, 2.45) is 0 Å². The molecular weight excluding hydrogens is 258 g/mol. The fraction of sp³-hybridized carbons (Fsp3) is 0.267. The van der Waals surface area contributed by atoms with Crippen molar-refractivity contribution < 1.29 is 9.90 Å². The predicted octanol–water partition coefficient (Wildman–Crippen LogP) is 3.00. The van der Waals surface area contributed by atoms with Crippen molar-refractivity contribution in [2.45, 2.75) is 19.5 Å². The van der Waals surface area contributed by atoms with E-state index < -0.39 is 5.97 Å². The molecule has 3 nitrogen and oxygen atoms in total. The molecule has 0 spiro atoms. The minimum atomic E-state index is -0.817. The molecule has 0 bridgehead atoms. The van der Waals surface area contributed by atoms with E-state index in [1.54, 1.807) is 0 Å². The fourth-order valence-electron chi connectivity index (χ4n) is 2.58. The van der Waals surface area contributed by atoms with E-state index in [1.807, 2.05) is 11.4 Å². The zero-order valence-corrected chi connectivity index (χ0v) is 11.3. The van der Waals surface area contributed by atoms with Crippen molar-refractivity contribution in [3.8, 4) is 0 Å². The molecule has 2 aromatic rings. The van der Waals surface area contributed by atoms with Crippen LogP contribution in [0, 0.1) is 0 Å². The van der Waals surface area contributed by atoms with Gasteiger partial charge in [-0.05, 0) is 34.6 Å². The summed E-state index contributed by atoms with van der Waals surface area (Å²) in [6.45, 7) is 2.62. The zero-order valence-electron chi connectivity index (χ0n) is 10.5. The SMILES string of the molecule is O=C(O)c1sccc1CN1CCc2ccccc2C1. The predicted molar refractivity (Wildman–Crippen MR) is 75.5 cm³/mol. The lowest BCUT2D eigenvalue weighted by Gasteiger charge is -2.28. The van der Waals surface area contributed by atoms with E-state index in [1.165, 1.54) is 22.5 Å². The Hall–Kier alpha value is -1.65. The quantitative estimate of drug-likeness (QED) is 0.934. The van der Waals surface area contributed by atoms with Gasteiger partial charge in [0.1, 0.15) is 4.88 Å². The number of thiophene rings is 1. The summed E-state index contributed by atoms with van der Waals surface area (Å²) in [7, 11) is 0. The van der Waals surface area contributed by atoms with Crippen LogP contribution in [0.25, 0.3) is 0 Å². The molecule has 1 aromatic heterocycles. The molecule has 19 heavy (non-hydrogen) atoms. The van der Waals surface area contributed by atoms with Crippen LogP contribution in [0.3, 0.4) is 0 Å². The van der Waals surface area contributed by atoms with Crippen molar-refractivity contribution in [1.82, 2.24) is 4.90 Å². The lowest BCUT2D eigenvalue weighted by molar-refractivity contribution is 0.0700. The van der Waals surface area contributed by atoms with E-state index in [0.29, 0.717) is 4.88 Å². The monoisotopic (exact) mass is 273 g/mol. The molecular formula is C15H15NO2S. The van der Waals surface area contributed by atoms with Crippen LogP contribution < -0.4 is 0 Å². The molecule has 0 atom stereocenters. The highest BCUT2D eigenvalue weighted by Crippen LogP contribution is 2.23. The van der Waals surface area contributed by atoms with Crippen molar-refractivity contribution in [2.75, 3.05) is 6.54 Å². The van der Waals surface area contributed by atoms with Gasteiger partial charge in [0.25, 0.3) is 0 Å². The lowest BCUT2D eigenvalue weighted by atomic mass is 9.99. The number of hydrogen-bond donors (Lipinski definition) is 1. The Kier molecular flexibility index (Phi) is 3.36. The molecule has 0 aliphatic carbocycles. The van der Waals surface area contributed by atoms with Gasteiger partial charge in [-0.2, -0.15) is 0 Å². The molecule has 1 aliphatic rings. The Balaban J connectivity index is 1.76. The van der Waals surface area contributed by atoms with Gasteiger partial charge in [-0.3, -0.25) is 4.90 Å². The third kappa shape index (κ3) is 2.55. The zero-order chi connectivity index (χ0) is 13.2. The summed E-state index contributed by atoms with van der Waals surface area (Å²) in [5.41, 5.74) is 3.71. The highest BCUT2D eigenvalue weighted by molar-refractivity contribution is 7.12. The highest BCUT2D eigenvalue weighted by Gasteiger charge is 2.19. The second-order valence-corrected chi connectivity index (χ2v) is 5.73. The Bertz CT molecular complexity index is 606. The third-order valence-corrected chi connectivity index (χ3v) is 4.49. The molecule has 0 unspecified atom stereocenters. The molecule has 98 valence electrons. The summed E-state index contributed by atoms with van der Waals surface area (Å²) < 4.78 is 0. The number of fused-ring (bicyclic) bond motifs is 1. The Morgan fingerprint density at radius 3 is 2.84 bits per heavy atom. The minimum absolute atomic E-state index is 0.471. The molecule has 3 rings (SSSR count). The first kappa shape index (κ1) is 12.4. The Morgan fingerprint density at radius 2 is 2.05 bits per heavy atom. The molecule has 0 radical (unpaired) electrons. The Labute approximate surface area is 116 Å². The van der Waals surface area contributed by atoms with Crippen LogP contribution in [-0.4, -0.2) is 22.5 Å². The number of carboxylic acid groups (broad SMARTS) is 1. The summed E-state index contributed by atoms with van der Waals surface area (Å²) in [6.07, 6.45) is 1.04. The van der Waals surface area contributed by atoms with Crippen molar-refractivity contribution in [3.63, 3.8) is 0 Å². The molecule has 0 amide bonds. The van der Waals surface area contributed by atoms with Crippen LogP contribution in [0.5, 0.6) is 0 Å². The van der Waals surface area contributed by atoms with E-state index >= 15 is 0 Å². The van der Waals surface area contributed by atoms with Gasteiger partial charge in [0.05, 0.1) is 0 Å². The van der Waals surface area contributed by atoms with Gasteiger partial charge in [0.15, 0.2) is 0 Å². The van der Waals surface area contributed by atoms with Crippen molar-refractivity contribution >= 4 is 17.3 Å². The van der Waals surface area contributed by atoms with Gasteiger partial charge < -0.3 is 5.11 Å². The van der Waals surface area contributed by atoms with Crippen LogP contribution in [0.15, 0.2) is 35.7 Å². The average Bonchev–Trinajstić information content (AvgIpc) is 2.87. The van der Waals surface area contributed by atoms with Crippen molar-refractivity contribution in [1.29, 1.82) is 0 Å². The number of hydrogen-bond acceptors (Lipinski definition) is 3. The fourth-order valence-corrected chi connectivity index (χ4v) is 3.33. The first-order valence-electron chi connectivity index (χ1n) is 6.33. The van der Waals surface area contributed by atoms with Crippen molar-refractivity contribution in [3.05, 3.63) is 57.3 Å². The molecule has 1 aromatic carbocycles. The maximum atomic E-state index is 11.1. The number of carbonyl (C=O) groups is 1. The van der Waals surface area contributed by atoms with Gasteiger partial charge in [-0.1, -0.05) is 24.3 Å². The average molecular weight is 273 g/mol. The topological polar surface area (TPSA) is 40.5 Å². The van der Waals surface area contributed by atoms with Crippen LogP contribution in [0.1, 0.15) is 26.4 Å². The number of carboxylic acids is 1. The van der Waals surface area contributed by atoms with Crippen LogP contribution >= 0.6 is 11.3 Å². The number of rotatable bonds is 3. The Morgan fingerprint density at radius 1 is 1.26 bits per heavy atom. The van der Waals surface area contributed by atoms with Crippen LogP contribution in [-0.2, 0) is 19.5 Å². The van der Waals surface area contributed by atoms with Crippen LogP contribution in [0.4, 0.5) is 0 Å². The number of nitrogens with zero attached hydrogens (tertiary/aromatic N) is 1. The molecule has 0 saturated carbocycles. The maximum Gasteiger partial charge on any atom is 0.346 e. The first-order valence-corrected chi connectivity index (χ1v) is 7.21. The first-order chi connectivity index (χ1) is 9.24. The van der Waals surface area contributed by atoms with Gasteiger partial charge in [-0.25, -0.2) is 4.79 Å². The van der Waals surface area contributed by atoms with Gasteiger partial charge in [0, 0.05) is 19.6 Å². The summed E-state index contributed by atoms with van der Waals surface area (Å²) >= 11 is 1.31. The molecule has 1 aliphatic heterocycles. The summed E-state index contributed by atoms with van der Waals surface area (Å²) in [5.74, 6) is -0.817. The van der Waals surface area contributed by atoms with E-state index in [9.17, 15) is 4.79 Å². The molecule has 4 heteroatoms. The number of benzene rings is 1. The molecule has 2 heterocycles. The summed E-state index contributed by atoms with van der Waals surface area (Å²) in [5, 5.41) is 11.0. The largest absolute Gasteiger partial charge is 0.477 e. The van der Waals surface area contributed by atoms with Gasteiger partial charge in [0.2, 0.25) is 0 Å². The van der Waals surface area contributed by atoms with Crippen LogP contribution in [0.2, 0.25) is 0 Å². The summed E-state index contributed by atoms with van der Waals surface area (Å²) in [6, 6.07) is 10.4. The second kappa shape index (κ2) is 5.15. The second-order valence-electron chi connectivity index (χ2n) is 4.81. The third-order valence-electron chi connectivity index (χ3n) is 3.54. The van der Waals surface area contributed by atoms with E-state index in [-0.39, 0.29) is 0 Å². The maximum absolute atomic E-state index is 11.1. The van der Waals surface area contributed by atoms with E-state index in [0.717, 1.165) is 31.6 Å². The molecule has 0 fully saturated rings.